The average molecular weight is 327 g/mol. The van der Waals surface area contributed by atoms with Gasteiger partial charge in [-0.2, -0.15) is 0 Å². The minimum Gasteiger partial charge on any atom is -0.377 e. The summed E-state index contributed by atoms with van der Waals surface area (Å²) in [5.74, 6) is -0.141. The number of nitrogens with one attached hydrogen (secondary N) is 2. The average Bonchev–Trinajstić information content (AvgIpc) is 3.31. The maximum Gasteiger partial charge on any atom is 0.293 e. The molecule has 1 saturated heterocycles. The number of hydrogen-bond acceptors (Lipinski definition) is 5. The first-order valence-corrected chi connectivity index (χ1v) is 7.20. The largest absolute Gasteiger partial charge is 0.377 e. The van der Waals surface area contributed by atoms with Gasteiger partial charge >= 0.3 is 0 Å². The van der Waals surface area contributed by atoms with Gasteiger partial charge in [0, 0.05) is 43.9 Å². The standard InChI is InChI=1S/C14H18N4O3.ClH/c19-14(17-7-5-15-6-8-17)10-1-4-12(16-11-2-3-11)13(9-10)18(20)21;/h1,4,9,11,15-16H,2-3,5-8H2;1H. The lowest BCUT2D eigenvalue weighted by atomic mass is 10.1. The van der Waals surface area contributed by atoms with Gasteiger partial charge in [-0.15, -0.1) is 12.4 Å². The Balaban J connectivity index is 0.00000176. The third kappa shape index (κ3) is 3.66. The van der Waals surface area contributed by atoms with Gasteiger partial charge in [0.15, 0.2) is 0 Å². The number of nitro groups is 1. The number of anilines is 1. The topological polar surface area (TPSA) is 87.5 Å². The van der Waals surface area contributed by atoms with Crippen LogP contribution in [0.2, 0.25) is 0 Å². The summed E-state index contributed by atoms with van der Waals surface area (Å²) in [4.78, 5) is 24.9. The first kappa shape index (κ1) is 16.5. The van der Waals surface area contributed by atoms with Gasteiger partial charge in [-0.1, -0.05) is 0 Å². The van der Waals surface area contributed by atoms with Crippen LogP contribution in [0.1, 0.15) is 23.2 Å². The molecule has 2 aliphatic rings. The molecule has 0 bridgehead atoms. The Labute approximate surface area is 134 Å². The normalized spacial score (nSPS) is 17.5. The molecule has 1 heterocycles. The van der Waals surface area contributed by atoms with Crippen molar-refractivity contribution in [3.05, 3.63) is 33.9 Å². The maximum atomic E-state index is 12.4. The van der Waals surface area contributed by atoms with E-state index >= 15 is 0 Å². The summed E-state index contributed by atoms with van der Waals surface area (Å²) in [6.45, 7) is 2.79. The fraction of sp³-hybridized carbons (Fsp3) is 0.500. The quantitative estimate of drug-likeness (QED) is 0.648. The lowest BCUT2D eigenvalue weighted by Gasteiger charge is -2.27. The maximum absolute atomic E-state index is 12.4. The summed E-state index contributed by atoms with van der Waals surface area (Å²) in [6, 6.07) is 5.03. The Morgan fingerprint density at radius 2 is 2.00 bits per heavy atom. The van der Waals surface area contributed by atoms with Crippen LogP contribution in [-0.2, 0) is 0 Å². The summed E-state index contributed by atoms with van der Waals surface area (Å²) in [5, 5.41) is 17.5. The van der Waals surface area contributed by atoms with Crippen LogP contribution in [0.5, 0.6) is 0 Å². The van der Waals surface area contributed by atoms with E-state index in [-0.39, 0.29) is 24.0 Å². The van der Waals surface area contributed by atoms with E-state index in [1.54, 1.807) is 17.0 Å². The highest BCUT2D eigenvalue weighted by Gasteiger charge is 2.26. The highest BCUT2D eigenvalue weighted by Crippen LogP contribution is 2.31. The number of carbonyl (C=O) groups excluding carboxylic acids is 1. The van der Waals surface area contributed by atoms with Crippen LogP contribution < -0.4 is 10.6 Å². The van der Waals surface area contributed by atoms with Crippen molar-refractivity contribution in [3.8, 4) is 0 Å². The second-order valence-electron chi connectivity index (χ2n) is 5.45. The van der Waals surface area contributed by atoms with E-state index < -0.39 is 4.92 Å². The molecule has 1 saturated carbocycles. The number of halogens is 1. The SMILES string of the molecule is Cl.O=C(c1ccc(NC2CC2)c([N+](=O)[O-])c1)N1CCNCC1. The zero-order valence-electron chi connectivity index (χ0n) is 12.1. The van der Waals surface area contributed by atoms with Crippen LogP contribution in [0.3, 0.4) is 0 Å². The number of benzene rings is 1. The molecule has 8 heteroatoms. The molecule has 1 aromatic carbocycles. The molecule has 1 aromatic rings. The molecule has 1 aliphatic carbocycles. The number of nitro benzene ring substituents is 1. The smallest absolute Gasteiger partial charge is 0.293 e. The summed E-state index contributed by atoms with van der Waals surface area (Å²) in [7, 11) is 0. The molecule has 0 radical (unpaired) electrons. The van der Waals surface area contributed by atoms with Crippen molar-refractivity contribution >= 4 is 29.7 Å². The number of amides is 1. The van der Waals surface area contributed by atoms with Crippen LogP contribution in [-0.4, -0.2) is 48.0 Å². The first-order chi connectivity index (χ1) is 10.1. The van der Waals surface area contributed by atoms with E-state index in [2.05, 4.69) is 10.6 Å². The summed E-state index contributed by atoms with van der Waals surface area (Å²) in [5.41, 5.74) is 0.854. The van der Waals surface area contributed by atoms with Crippen molar-refractivity contribution in [2.45, 2.75) is 18.9 Å². The van der Waals surface area contributed by atoms with Gasteiger partial charge < -0.3 is 15.5 Å². The van der Waals surface area contributed by atoms with Crippen molar-refractivity contribution in [1.29, 1.82) is 0 Å². The highest BCUT2D eigenvalue weighted by molar-refractivity contribution is 5.95. The molecular formula is C14H19ClN4O3. The van der Waals surface area contributed by atoms with Gasteiger partial charge in [0.1, 0.15) is 5.69 Å². The van der Waals surface area contributed by atoms with Crippen LogP contribution in [0.25, 0.3) is 0 Å². The second-order valence-corrected chi connectivity index (χ2v) is 5.45. The van der Waals surface area contributed by atoms with E-state index in [4.69, 9.17) is 0 Å². The van der Waals surface area contributed by atoms with Gasteiger partial charge in [0.05, 0.1) is 4.92 Å². The predicted octanol–water partition coefficient (Wildman–Crippen LogP) is 1.64. The number of nitrogens with zero attached hydrogens (tertiary/aromatic N) is 2. The zero-order valence-corrected chi connectivity index (χ0v) is 12.9. The predicted molar refractivity (Wildman–Crippen MR) is 85.8 cm³/mol. The highest BCUT2D eigenvalue weighted by atomic mass is 35.5. The number of hydrogen-bond donors (Lipinski definition) is 2. The fourth-order valence-electron chi connectivity index (χ4n) is 2.44. The Morgan fingerprint density at radius 1 is 1.32 bits per heavy atom. The Morgan fingerprint density at radius 3 is 2.59 bits per heavy atom. The molecule has 2 N–H and O–H groups in total. The second kappa shape index (κ2) is 6.93. The van der Waals surface area contributed by atoms with Crippen LogP contribution in [0.4, 0.5) is 11.4 Å². The molecule has 120 valence electrons. The summed E-state index contributed by atoms with van der Waals surface area (Å²) >= 11 is 0. The van der Waals surface area contributed by atoms with Crippen LogP contribution in [0, 0.1) is 10.1 Å². The number of carbonyl (C=O) groups is 1. The molecule has 7 nitrogen and oxygen atoms in total. The monoisotopic (exact) mass is 326 g/mol. The fourth-order valence-corrected chi connectivity index (χ4v) is 2.44. The molecule has 3 rings (SSSR count). The van der Waals surface area contributed by atoms with Gasteiger partial charge in [-0.3, -0.25) is 14.9 Å². The van der Waals surface area contributed by atoms with Crippen LogP contribution >= 0.6 is 12.4 Å². The molecular weight excluding hydrogens is 308 g/mol. The first-order valence-electron chi connectivity index (χ1n) is 7.20. The summed E-state index contributed by atoms with van der Waals surface area (Å²) < 4.78 is 0. The Kier molecular flexibility index (Phi) is 5.20. The van der Waals surface area contributed by atoms with Crippen molar-refractivity contribution in [2.24, 2.45) is 0 Å². The molecule has 1 amide bonds. The third-order valence-corrected chi connectivity index (χ3v) is 3.78. The van der Waals surface area contributed by atoms with E-state index in [1.807, 2.05) is 0 Å². The Hall–Kier alpha value is -1.86. The van der Waals surface area contributed by atoms with Crippen molar-refractivity contribution in [3.63, 3.8) is 0 Å². The zero-order chi connectivity index (χ0) is 14.8. The molecule has 2 fully saturated rings. The van der Waals surface area contributed by atoms with Gasteiger partial charge in [0.2, 0.25) is 0 Å². The number of rotatable bonds is 4. The molecule has 0 aromatic heterocycles. The minimum absolute atomic E-state index is 0. The molecule has 0 atom stereocenters. The van der Waals surface area contributed by atoms with Crippen LogP contribution in [0.15, 0.2) is 18.2 Å². The van der Waals surface area contributed by atoms with Crippen molar-refractivity contribution in [1.82, 2.24) is 10.2 Å². The number of piperazine rings is 1. The third-order valence-electron chi connectivity index (χ3n) is 3.78. The van der Waals surface area contributed by atoms with E-state index in [1.165, 1.54) is 6.07 Å². The summed E-state index contributed by atoms with van der Waals surface area (Å²) in [6.07, 6.45) is 2.08. The Bertz CT molecular complexity index is 571. The van der Waals surface area contributed by atoms with Gasteiger partial charge in [0.25, 0.3) is 11.6 Å². The van der Waals surface area contributed by atoms with E-state index in [0.717, 1.165) is 25.9 Å². The molecule has 0 spiro atoms. The molecule has 0 unspecified atom stereocenters. The van der Waals surface area contributed by atoms with E-state index in [9.17, 15) is 14.9 Å². The van der Waals surface area contributed by atoms with Gasteiger partial charge in [-0.05, 0) is 25.0 Å². The van der Waals surface area contributed by atoms with Crippen molar-refractivity contribution < 1.29 is 9.72 Å². The van der Waals surface area contributed by atoms with Crippen molar-refractivity contribution in [2.75, 3.05) is 31.5 Å². The lowest BCUT2D eigenvalue weighted by Crippen LogP contribution is -2.46. The molecule has 22 heavy (non-hydrogen) atoms. The lowest BCUT2D eigenvalue weighted by molar-refractivity contribution is -0.384. The van der Waals surface area contributed by atoms with E-state index in [0.29, 0.717) is 30.4 Å². The molecule has 1 aliphatic heterocycles. The minimum atomic E-state index is -0.431. The van der Waals surface area contributed by atoms with Gasteiger partial charge in [-0.25, -0.2) is 0 Å².